The molecule has 1 heterocycles. The van der Waals surface area contributed by atoms with Crippen molar-refractivity contribution in [2.24, 2.45) is 0 Å². The van der Waals surface area contributed by atoms with Gasteiger partial charge in [0.15, 0.2) is 0 Å². The molecule has 0 radical (unpaired) electrons. The molecule has 1 aromatic carbocycles. The number of aromatic carboxylic acids is 1. The lowest BCUT2D eigenvalue weighted by Gasteiger charge is -2.07. The van der Waals surface area contributed by atoms with E-state index < -0.39 is 5.97 Å². The molecule has 2 N–H and O–H groups in total. The summed E-state index contributed by atoms with van der Waals surface area (Å²) in [6, 6.07) is 10.1. The Morgan fingerprint density at radius 3 is 2.43 bits per heavy atom. The number of hydrogen-bond donors (Lipinski definition) is 2. The van der Waals surface area contributed by atoms with E-state index in [4.69, 9.17) is 9.52 Å². The first-order chi connectivity index (χ1) is 9.97. The molecule has 1 aromatic heterocycles. The average molecular weight is 287 g/mol. The van der Waals surface area contributed by atoms with Gasteiger partial charge in [-0.05, 0) is 30.0 Å². The number of benzene rings is 1. The number of aryl methyl sites for hydroxylation is 1. The second-order valence-electron chi connectivity index (χ2n) is 5.49. The Balaban J connectivity index is 1.89. The lowest BCUT2D eigenvalue weighted by atomic mass is 10.0. The number of furan rings is 1. The fourth-order valence-corrected chi connectivity index (χ4v) is 2.19. The highest BCUT2D eigenvalue weighted by molar-refractivity contribution is 5.88. The van der Waals surface area contributed by atoms with Crippen LogP contribution in [0.2, 0.25) is 0 Å². The summed E-state index contributed by atoms with van der Waals surface area (Å²) in [6.45, 7) is 7.25. The minimum atomic E-state index is -0.952. The van der Waals surface area contributed by atoms with Crippen LogP contribution in [0.4, 0.5) is 0 Å². The molecule has 21 heavy (non-hydrogen) atoms. The van der Waals surface area contributed by atoms with Crippen LogP contribution in [-0.4, -0.2) is 11.1 Å². The van der Waals surface area contributed by atoms with Crippen LogP contribution < -0.4 is 5.32 Å². The van der Waals surface area contributed by atoms with Crippen LogP contribution in [0.15, 0.2) is 34.7 Å². The molecule has 0 aliphatic rings. The molecule has 4 heteroatoms. The van der Waals surface area contributed by atoms with E-state index in [2.05, 4.69) is 43.4 Å². The molecule has 2 rings (SSSR count). The Kier molecular flexibility index (Phi) is 4.81. The van der Waals surface area contributed by atoms with E-state index in [9.17, 15) is 4.79 Å². The van der Waals surface area contributed by atoms with Gasteiger partial charge in [-0.25, -0.2) is 4.79 Å². The topological polar surface area (TPSA) is 62.5 Å². The molecule has 4 nitrogen and oxygen atoms in total. The lowest BCUT2D eigenvalue weighted by molar-refractivity contribution is 0.0695. The van der Waals surface area contributed by atoms with Crippen LogP contribution >= 0.6 is 0 Å². The summed E-state index contributed by atoms with van der Waals surface area (Å²) < 4.78 is 5.42. The zero-order chi connectivity index (χ0) is 15.4. The zero-order valence-electron chi connectivity index (χ0n) is 12.6. The molecule has 2 aromatic rings. The Morgan fingerprint density at radius 1 is 1.24 bits per heavy atom. The summed E-state index contributed by atoms with van der Waals surface area (Å²) in [5.41, 5.74) is 2.75. The first kappa shape index (κ1) is 15.3. The third kappa shape index (κ3) is 3.95. The SMILES string of the molecule is Cc1oc(CNCc2ccc(C(C)C)cc2)cc1C(=O)O. The van der Waals surface area contributed by atoms with E-state index in [-0.39, 0.29) is 5.56 Å². The highest BCUT2D eigenvalue weighted by atomic mass is 16.4. The van der Waals surface area contributed by atoms with Crippen molar-refractivity contribution >= 4 is 5.97 Å². The molecule has 0 aliphatic carbocycles. The second-order valence-corrected chi connectivity index (χ2v) is 5.49. The van der Waals surface area contributed by atoms with E-state index in [0.717, 1.165) is 6.54 Å². The van der Waals surface area contributed by atoms with Gasteiger partial charge in [-0.3, -0.25) is 0 Å². The van der Waals surface area contributed by atoms with Crippen LogP contribution in [0.1, 0.15) is 52.8 Å². The summed E-state index contributed by atoms with van der Waals surface area (Å²) in [6.07, 6.45) is 0. The summed E-state index contributed by atoms with van der Waals surface area (Å²) in [5.74, 6) is 0.670. The van der Waals surface area contributed by atoms with Crippen molar-refractivity contribution < 1.29 is 14.3 Å². The maximum atomic E-state index is 10.9. The van der Waals surface area contributed by atoms with Gasteiger partial charge in [-0.15, -0.1) is 0 Å². The molecule has 112 valence electrons. The van der Waals surface area contributed by atoms with Crippen LogP contribution in [0.5, 0.6) is 0 Å². The van der Waals surface area contributed by atoms with Gasteiger partial charge in [-0.2, -0.15) is 0 Å². The summed E-state index contributed by atoms with van der Waals surface area (Å²) in [4.78, 5) is 10.9. The lowest BCUT2D eigenvalue weighted by Crippen LogP contribution is -2.12. The monoisotopic (exact) mass is 287 g/mol. The van der Waals surface area contributed by atoms with E-state index in [1.54, 1.807) is 13.0 Å². The van der Waals surface area contributed by atoms with E-state index in [1.165, 1.54) is 11.1 Å². The highest BCUT2D eigenvalue weighted by Crippen LogP contribution is 2.16. The minimum absolute atomic E-state index is 0.230. The Morgan fingerprint density at radius 2 is 1.90 bits per heavy atom. The molecule has 0 bridgehead atoms. The van der Waals surface area contributed by atoms with Crippen molar-refractivity contribution in [2.75, 3.05) is 0 Å². The van der Waals surface area contributed by atoms with Crippen LogP contribution in [0.25, 0.3) is 0 Å². The first-order valence-electron chi connectivity index (χ1n) is 7.09. The van der Waals surface area contributed by atoms with Crippen molar-refractivity contribution in [3.8, 4) is 0 Å². The van der Waals surface area contributed by atoms with Gasteiger partial charge >= 0.3 is 5.97 Å². The van der Waals surface area contributed by atoms with Crippen molar-refractivity contribution in [1.82, 2.24) is 5.32 Å². The predicted molar refractivity (Wildman–Crippen MR) is 81.5 cm³/mol. The molecule has 0 aliphatic heterocycles. The number of hydrogen-bond acceptors (Lipinski definition) is 3. The number of carboxylic acids is 1. The Hall–Kier alpha value is -2.07. The smallest absolute Gasteiger partial charge is 0.339 e. The molecule has 0 atom stereocenters. The van der Waals surface area contributed by atoms with Gasteiger partial charge in [0.25, 0.3) is 0 Å². The summed E-state index contributed by atoms with van der Waals surface area (Å²) in [7, 11) is 0. The molecular formula is C17H21NO3. The maximum Gasteiger partial charge on any atom is 0.339 e. The Labute approximate surface area is 124 Å². The third-order valence-electron chi connectivity index (χ3n) is 3.47. The van der Waals surface area contributed by atoms with E-state index >= 15 is 0 Å². The number of carbonyl (C=O) groups is 1. The van der Waals surface area contributed by atoms with Crippen molar-refractivity contribution in [1.29, 1.82) is 0 Å². The first-order valence-corrected chi connectivity index (χ1v) is 7.09. The fourth-order valence-electron chi connectivity index (χ4n) is 2.19. The van der Waals surface area contributed by atoms with Gasteiger partial charge in [0.2, 0.25) is 0 Å². The number of rotatable bonds is 6. The van der Waals surface area contributed by atoms with Crippen LogP contribution in [0.3, 0.4) is 0 Å². The van der Waals surface area contributed by atoms with E-state index in [1.807, 2.05) is 0 Å². The Bertz CT molecular complexity index is 611. The summed E-state index contributed by atoms with van der Waals surface area (Å²) in [5, 5.41) is 12.2. The zero-order valence-corrected chi connectivity index (χ0v) is 12.6. The van der Waals surface area contributed by atoms with E-state index in [0.29, 0.717) is 24.0 Å². The van der Waals surface area contributed by atoms with Crippen molar-refractivity contribution in [2.45, 2.75) is 39.8 Å². The molecule has 0 fully saturated rings. The maximum absolute atomic E-state index is 10.9. The standard InChI is InChI=1S/C17H21NO3/c1-11(2)14-6-4-13(5-7-14)9-18-10-15-8-16(17(19)20)12(3)21-15/h4-8,11,18H,9-10H2,1-3H3,(H,19,20). The third-order valence-corrected chi connectivity index (χ3v) is 3.47. The quantitative estimate of drug-likeness (QED) is 0.850. The fraction of sp³-hybridized carbons (Fsp3) is 0.353. The van der Waals surface area contributed by atoms with Crippen molar-refractivity contribution in [3.63, 3.8) is 0 Å². The molecule has 0 unspecified atom stereocenters. The number of carboxylic acid groups (broad SMARTS) is 1. The molecule has 0 spiro atoms. The van der Waals surface area contributed by atoms with Crippen LogP contribution in [0, 0.1) is 6.92 Å². The van der Waals surface area contributed by atoms with Gasteiger partial charge in [0.1, 0.15) is 17.1 Å². The van der Waals surface area contributed by atoms with Crippen molar-refractivity contribution in [3.05, 3.63) is 58.5 Å². The normalized spacial score (nSPS) is 11.0. The van der Waals surface area contributed by atoms with Gasteiger partial charge < -0.3 is 14.8 Å². The molecule has 0 amide bonds. The number of nitrogens with one attached hydrogen (secondary N) is 1. The molecule has 0 saturated heterocycles. The molecule has 0 saturated carbocycles. The summed E-state index contributed by atoms with van der Waals surface area (Å²) >= 11 is 0. The second kappa shape index (κ2) is 6.59. The average Bonchev–Trinajstić information content (AvgIpc) is 2.80. The molecular weight excluding hydrogens is 266 g/mol. The van der Waals surface area contributed by atoms with Gasteiger partial charge in [-0.1, -0.05) is 38.1 Å². The largest absolute Gasteiger partial charge is 0.478 e. The van der Waals surface area contributed by atoms with Gasteiger partial charge in [0.05, 0.1) is 6.54 Å². The minimum Gasteiger partial charge on any atom is -0.478 e. The predicted octanol–water partition coefficient (Wildman–Crippen LogP) is 3.70. The van der Waals surface area contributed by atoms with Crippen LogP contribution in [-0.2, 0) is 13.1 Å². The van der Waals surface area contributed by atoms with Gasteiger partial charge in [0, 0.05) is 6.54 Å². The highest BCUT2D eigenvalue weighted by Gasteiger charge is 2.13.